The Kier molecular flexibility index (Phi) is 5.89. The van der Waals surface area contributed by atoms with Crippen molar-refractivity contribution < 1.29 is 13.5 Å². The van der Waals surface area contributed by atoms with Gasteiger partial charge < -0.3 is 4.74 Å². The Balaban J connectivity index is 2.02. The molecule has 0 aliphatic heterocycles. The predicted molar refractivity (Wildman–Crippen MR) is 105 cm³/mol. The molecular weight excluding hydrogens is 463 g/mol. The quantitative estimate of drug-likeness (QED) is 0.459. The van der Waals surface area contributed by atoms with Gasteiger partial charge >= 0.3 is 0 Å². The molecule has 1 heterocycles. The maximum atomic E-state index is 13.8. The third-order valence-corrected chi connectivity index (χ3v) is 5.23. The highest BCUT2D eigenvalue weighted by atomic mass is 79.9. The van der Waals surface area contributed by atoms with E-state index in [9.17, 15) is 13.6 Å². The first-order valence-electron chi connectivity index (χ1n) is 7.73. The summed E-state index contributed by atoms with van der Waals surface area (Å²) in [4.78, 5) is 12.8. The first kappa shape index (κ1) is 19.9. The van der Waals surface area contributed by atoms with E-state index in [1.165, 1.54) is 10.6 Å². The minimum absolute atomic E-state index is 0.0841. The molecule has 0 saturated carbocycles. The SMILES string of the molecule is Cc1cc(OCc2c(F)cccc2F)c(Br)c(=O)n1-c1c(Cl)cccc1Cl. The van der Waals surface area contributed by atoms with Crippen LogP contribution in [0.5, 0.6) is 5.75 Å². The van der Waals surface area contributed by atoms with E-state index >= 15 is 0 Å². The van der Waals surface area contributed by atoms with Crippen molar-refractivity contribution in [2.75, 3.05) is 0 Å². The number of rotatable bonds is 4. The number of pyridine rings is 1. The normalized spacial score (nSPS) is 10.9. The fourth-order valence-electron chi connectivity index (χ4n) is 2.59. The molecule has 0 radical (unpaired) electrons. The highest BCUT2D eigenvalue weighted by Crippen LogP contribution is 2.31. The van der Waals surface area contributed by atoms with Gasteiger partial charge in [-0.1, -0.05) is 35.3 Å². The van der Waals surface area contributed by atoms with E-state index in [4.69, 9.17) is 27.9 Å². The van der Waals surface area contributed by atoms with Crippen LogP contribution in [0.25, 0.3) is 5.69 Å². The highest BCUT2D eigenvalue weighted by Gasteiger charge is 2.18. The molecule has 27 heavy (non-hydrogen) atoms. The molecule has 0 atom stereocenters. The largest absolute Gasteiger partial charge is 0.487 e. The van der Waals surface area contributed by atoms with Gasteiger partial charge in [-0.15, -0.1) is 0 Å². The topological polar surface area (TPSA) is 31.2 Å². The molecule has 0 fully saturated rings. The number of aryl methyl sites for hydroxylation is 1. The fourth-order valence-corrected chi connectivity index (χ4v) is 3.56. The summed E-state index contributed by atoms with van der Waals surface area (Å²) in [5, 5.41) is 0.614. The monoisotopic (exact) mass is 473 g/mol. The zero-order valence-corrected chi connectivity index (χ0v) is 17.0. The number of hydrogen-bond acceptors (Lipinski definition) is 2. The Bertz CT molecular complexity index is 1050. The van der Waals surface area contributed by atoms with Crippen molar-refractivity contribution in [2.45, 2.75) is 13.5 Å². The van der Waals surface area contributed by atoms with Crippen molar-refractivity contribution in [1.29, 1.82) is 0 Å². The van der Waals surface area contributed by atoms with E-state index in [-0.39, 0.29) is 22.4 Å². The van der Waals surface area contributed by atoms with E-state index in [2.05, 4.69) is 15.9 Å². The molecule has 140 valence electrons. The van der Waals surface area contributed by atoms with Gasteiger partial charge in [0.1, 0.15) is 28.5 Å². The lowest BCUT2D eigenvalue weighted by atomic mass is 10.2. The molecule has 0 unspecified atom stereocenters. The summed E-state index contributed by atoms with van der Waals surface area (Å²) >= 11 is 15.6. The third-order valence-electron chi connectivity index (χ3n) is 3.89. The van der Waals surface area contributed by atoms with Crippen LogP contribution in [0.2, 0.25) is 10.0 Å². The standard InChI is InChI=1S/C19H12BrCl2F2NO2/c1-10-8-16(27-9-11-14(23)6-3-7-15(11)24)17(20)19(26)25(10)18-12(21)4-2-5-13(18)22/h2-8H,9H2,1H3. The van der Waals surface area contributed by atoms with Crippen LogP contribution in [0.1, 0.15) is 11.3 Å². The van der Waals surface area contributed by atoms with Gasteiger partial charge in [0.2, 0.25) is 0 Å². The summed E-state index contributed by atoms with van der Waals surface area (Å²) in [6.07, 6.45) is 0. The second kappa shape index (κ2) is 8.00. The van der Waals surface area contributed by atoms with Crippen molar-refractivity contribution >= 4 is 39.1 Å². The number of hydrogen-bond donors (Lipinski definition) is 0. The summed E-state index contributed by atoms with van der Waals surface area (Å²) in [6.45, 7) is 1.30. The summed E-state index contributed by atoms with van der Waals surface area (Å²) in [6, 6.07) is 10.0. The van der Waals surface area contributed by atoms with Crippen molar-refractivity contribution in [1.82, 2.24) is 4.57 Å². The zero-order valence-electron chi connectivity index (χ0n) is 13.9. The Labute approximate surface area is 172 Å². The van der Waals surface area contributed by atoms with Crippen LogP contribution in [-0.2, 0) is 6.61 Å². The summed E-state index contributed by atoms with van der Waals surface area (Å²) < 4.78 is 34.4. The number of para-hydroxylation sites is 1. The van der Waals surface area contributed by atoms with Crippen LogP contribution in [-0.4, -0.2) is 4.57 Å². The van der Waals surface area contributed by atoms with Gasteiger partial charge in [0.05, 0.1) is 21.3 Å². The van der Waals surface area contributed by atoms with Gasteiger partial charge in [-0.05, 0) is 47.1 Å². The summed E-state index contributed by atoms with van der Waals surface area (Å²) in [5.41, 5.74) is 0.146. The van der Waals surface area contributed by atoms with Gasteiger partial charge in [-0.2, -0.15) is 0 Å². The van der Waals surface area contributed by atoms with E-state index in [0.29, 0.717) is 21.4 Å². The Hall–Kier alpha value is -1.89. The molecule has 0 bridgehead atoms. The predicted octanol–water partition coefficient (Wildman–Crippen LogP) is 6.07. The van der Waals surface area contributed by atoms with Crippen molar-refractivity contribution in [3.05, 3.63) is 90.2 Å². The average Bonchev–Trinajstić information content (AvgIpc) is 2.61. The van der Waals surface area contributed by atoms with E-state index in [1.54, 1.807) is 31.2 Å². The van der Waals surface area contributed by atoms with Crippen LogP contribution >= 0.6 is 39.1 Å². The van der Waals surface area contributed by atoms with Gasteiger partial charge in [0.15, 0.2) is 0 Å². The molecule has 3 rings (SSSR count). The molecule has 0 spiro atoms. The lowest BCUT2D eigenvalue weighted by molar-refractivity contribution is 0.289. The fraction of sp³-hybridized carbons (Fsp3) is 0.105. The number of aromatic nitrogens is 1. The molecule has 0 amide bonds. The molecule has 8 heteroatoms. The molecule has 3 aromatic rings. The van der Waals surface area contributed by atoms with Crippen LogP contribution in [0.4, 0.5) is 8.78 Å². The van der Waals surface area contributed by atoms with E-state index < -0.39 is 17.2 Å². The molecule has 1 aromatic heterocycles. The first-order valence-corrected chi connectivity index (χ1v) is 9.28. The third kappa shape index (κ3) is 3.88. The molecular formula is C19H12BrCl2F2NO2. The average molecular weight is 475 g/mol. The van der Waals surface area contributed by atoms with Crippen LogP contribution in [0.15, 0.2) is 51.7 Å². The highest BCUT2D eigenvalue weighted by molar-refractivity contribution is 9.10. The van der Waals surface area contributed by atoms with Crippen LogP contribution in [0.3, 0.4) is 0 Å². The lowest BCUT2D eigenvalue weighted by Crippen LogP contribution is -2.22. The second-order valence-corrected chi connectivity index (χ2v) is 7.27. The van der Waals surface area contributed by atoms with Gasteiger partial charge in [-0.3, -0.25) is 9.36 Å². The van der Waals surface area contributed by atoms with E-state index in [1.807, 2.05) is 0 Å². The van der Waals surface area contributed by atoms with Crippen molar-refractivity contribution in [3.8, 4) is 11.4 Å². The maximum absolute atomic E-state index is 13.8. The maximum Gasteiger partial charge on any atom is 0.273 e. The molecule has 0 aliphatic rings. The van der Waals surface area contributed by atoms with Crippen molar-refractivity contribution in [3.63, 3.8) is 0 Å². The summed E-state index contributed by atoms with van der Waals surface area (Å²) in [5.74, 6) is -1.29. The smallest absolute Gasteiger partial charge is 0.273 e. The molecule has 0 N–H and O–H groups in total. The number of ether oxygens (including phenoxy) is 1. The minimum Gasteiger partial charge on any atom is -0.487 e. The molecule has 3 nitrogen and oxygen atoms in total. The Morgan fingerprint density at radius 2 is 1.63 bits per heavy atom. The molecule has 0 saturated heterocycles. The first-order chi connectivity index (χ1) is 12.8. The van der Waals surface area contributed by atoms with Crippen LogP contribution < -0.4 is 10.3 Å². The van der Waals surface area contributed by atoms with Gasteiger partial charge in [-0.25, -0.2) is 8.78 Å². The summed E-state index contributed by atoms with van der Waals surface area (Å²) in [7, 11) is 0. The van der Waals surface area contributed by atoms with Crippen molar-refractivity contribution in [2.24, 2.45) is 0 Å². The van der Waals surface area contributed by atoms with E-state index in [0.717, 1.165) is 12.1 Å². The zero-order chi connectivity index (χ0) is 19.7. The molecule has 0 aliphatic carbocycles. The second-order valence-electron chi connectivity index (χ2n) is 5.66. The number of benzene rings is 2. The van der Waals surface area contributed by atoms with Gasteiger partial charge in [0.25, 0.3) is 5.56 Å². The molecule has 2 aromatic carbocycles. The Morgan fingerprint density at radius 3 is 2.22 bits per heavy atom. The van der Waals surface area contributed by atoms with Crippen LogP contribution in [0, 0.1) is 18.6 Å². The Morgan fingerprint density at radius 1 is 1.07 bits per heavy atom. The number of halogens is 5. The minimum atomic E-state index is -0.723. The van der Waals surface area contributed by atoms with Gasteiger partial charge in [0, 0.05) is 11.8 Å². The lowest BCUT2D eigenvalue weighted by Gasteiger charge is -2.16. The number of nitrogens with zero attached hydrogens (tertiary/aromatic N) is 1.